The summed E-state index contributed by atoms with van der Waals surface area (Å²) in [5, 5.41) is 0. The van der Waals surface area contributed by atoms with Crippen LogP contribution in [0.2, 0.25) is 0 Å². The van der Waals surface area contributed by atoms with Crippen LogP contribution in [-0.4, -0.2) is 9.55 Å². The van der Waals surface area contributed by atoms with Gasteiger partial charge < -0.3 is 10.3 Å². The number of hydrogen-bond acceptors (Lipinski definition) is 2. The Kier molecular flexibility index (Phi) is 4.08. The molecule has 2 rings (SSSR count). The first-order chi connectivity index (χ1) is 8.24. The Morgan fingerprint density at radius 2 is 1.76 bits per heavy atom. The summed E-state index contributed by atoms with van der Waals surface area (Å²) in [5.74, 6) is 2.62. The minimum atomic E-state index is 0.599. The standard InChI is InChI=1S/C14H25N3/c1-3-12-16-13(14(15)17(12)2)11-9-7-5-4-6-8-10-11/h11H,3-10,15H2,1-2H3. The second-order valence-electron chi connectivity index (χ2n) is 5.25. The molecule has 1 aliphatic rings. The van der Waals surface area contributed by atoms with E-state index in [0.29, 0.717) is 5.92 Å². The molecular formula is C14H25N3. The van der Waals surface area contributed by atoms with Crippen molar-refractivity contribution in [3.63, 3.8) is 0 Å². The predicted octanol–water partition coefficient (Wildman–Crippen LogP) is 3.39. The van der Waals surface area contributed by atoms with Crippen LogP contribution >= 0.6 is 0 Å². The van der Waals surface area contributed by atoms with Gasteiger partial charge in [0.2, 0.25) is 0 Å². The van der Waals surface area contributed by atoms with Gasteiger partial charge in [0.15, 0.2) is 0 Å². The van der Waals surface area contributed by atoms with Crippen molar-refractivity contribution in [1.82, 2.24) is 9.55 Å². The van der Waals surface area contributed by atoms with E-state index in [1.807, 2.05) is 7.05 Å². The van der Waals surface area contributed by atoms with Crippen molar-refractivity contribution < 1.29 is 0 Å². The molecule has 0 radical (unpaired) electrons. The fraction of sp³-hybridized carbons (Fsp3) is 0.786. The van der Waals surface area contributed by atoms with Gasteiger partial charge in [-0.1, -0.05) is 39.0 Å². The summed E-state index contributed by atoms with van der Waals surface area (Å²) in [6.07, 6.45) is 10.3. The van der Waals surface area contributed by atoms with E-state index in [4.69, 9.17) is 10.7 Å². The minimum Gasteiger partial charge on any atom is -0.384 e. The first kappa shape index (κ1) is 12.5. The fourth-order valence-corrected chi connectivity index (χ4v) is 2.93. The van der Waals surface area contributed by atoms with Crippen molar-refractivity contribution in [3.8, 4) is 0 Å². The maximum absolute atomic E-state index is 6.20. The lowest BCUT2D eigenvalue weighted by Gasteiger charge is -2.18. The summed E-state index contributed by atoms with van der Waals surface area (Å²) < 4.78 is 2.06. The molecule has 3 heteroatoms. The average Bonchev–Trinajstić information content (AvgIpc) is 2.56. The third-order valence-corrected chi connectivity index (χ3v) is 4.07. The highest BCUT2D eigenvalue weighted by atomic mass is 15.1. The zero-order valence-electron chi connectivity index (χ0n) is 11.2. The molecule has 1 aromatic heterocycles. The van der Waals surface area contributed by atoms with Gasteiger partial charge in [0.25, 0.3) is 0 Å². The van der Waals surface area contributed by atoms with E-state index in [1.165, 1.54) is 50.6 Å². The van der Waals surface area contributed by atoms with Crippen LogP contribution in [0.4, 0.5) is 5.82 Å². The van der Waals surface area contributed by atoms with Crippen LogP contribution in [0.1, 0.15) is 69.3 Å². The molecule has 0 aromatic carbocycles. The number of rotatable bonds is 2. The zero-order valence-corrected chi connectivity index (χ0v) is 11.2. The lowest BCUT2D eigenvalue weighted by Crippen LogP contribution is -2.06. The average molecular weight is 235 g/mol. The SMILES string of the molecule is CCc1nc(C2CCCCCCC2)c(N)n1C. The van der Waals surface area contributed by atoms with Gasteiger partial charge in [-0.3, -0.25) is 0 Å². The number of nitrogens with two attached hydrogens (primary N) is 1. The first-order valence-electron chi connectivity index (χ1n) is 7.05. The van der Waals surface area contributed by atoms with Crippen LogP contribution in [-0.2, 0) is 13.5 Å². The maximum Gasteiger partial charge on any atom is 0.126 e. The van der Waals surface area contributed by atoms with Crippen LogP contribution in [0, 0.1) is 0 Å². The quantitative estimate of drug-likeness (QED) is 0.854. The van der Waals surface area contributed by atoms with Gasteiger partial charge in [-0.2, -0.15) is 0 Å². The summed E-state index contributed by atoms with van der Waals surface area (Å²) in [6, 6.07) is 0. The largest absolute Gasteiger partial charge is 0.384 e. The van der Waals surface area contributed by atoms with E-state index >= 15 is 0 Å². The highest BCUT2D eigenvalue weighted by molar-refractivity contribution is 5.40. The van der Waals surface area contributed by atoms with E-state index in [0.717, 1.165) is 18.1 Å². The van der Waals surface area contributed by atoms with E-state index in [-0.39, 0.29) is 0 Å². The summed E-state index contributed by atoms with van der Waals surface area (Å²) >= 11 is 0. The first-order valence-corrected chi connectivity index (χ1v) is 7.05. The highest BCUT2D eigenvalue weighted by Gasteiger charge is 2.21. The maximum atomic E-state index is 6.20. The zero-order chi connectivity index (χ0) is 12.3. The molecule has 1 aliphatic carbocycles. The van der Waals surface area contributed by atoms with E-state index < -0.39 is 0 Å². The lowest BCUT2D eigenvalue weighted by atomic mass is 9.89. The Morgan fingerprint density at radius 1 is 1.18 bits per heavy atom. The third kappa shape index (κ3) is 2.64. The summed E-state index contributed by atoms with van der Waals surface area (Å²) in [5.41, 5.74) is 7.37. The molecule has 0 atom stereocenters. The van der Waals surface area contributed by atoms with E-state index in [9.17, 15) is 0 Å². The Balaban J connectivity index is 2.19. The Hall–Kier alpha value is -0.990. The molecule has 96 valence electrons. The molecule has 0 unspecified atom stereocenters. The Labute approximate surface area is 104 Å². The fourth-order valence-electron chi connectivity index (χ4n) is 2.93. The number of anilines is 1. The second-order valence-corrected chi connectivity index (χ2v) is 5.25. The van der Waals surface area contributed by atoms with Crippen molar-refractivity contribution in [2.45, 2.75) is 64.2 Å². The summed E-state index contributed by atoms with van der Waals surface area (Å²) in [6.45, 7) is 2.14. The minimum absolute atomic E-state index is 0.599. The number of aromatic nitrogens is 2. The topological polar surface area (TPSA) is 43.8 Å². The lowest BCUT2D eigenvalue weighted by molar-refractivity contribution is 0.451. The molecule has 2 N–H and O–H groups in total. The number of hydrogen-bond donors (Lipinski definition) is 1. The molecule has 1 heterocycles. The summed E-state index contributed by atoms with van der Waals surface area (Å²) in [7, 11) is 2.04. The Bertz CT molecular complexity index is 360. The molecule has 0 bridgehead atoms. The molecule has 1 aromatic rings. The van der Waals surface area contributed by atoms with Crippen molar-refractivity contribution >= 4 is 5.82 Å². The van der Waals surface area contributed by atoms with Crippen molar-refractivity contribution in [3.05, 3.63) is 11.5 Å². The molecule has 0 saturated heterocycles. The van der Waals surface area contributed by atoms with Crippen molar-refractivity contribution in [2.75, 3.05) is 5.73 Å². The van der Waals surface area contributed by atoms with Crippen molar-refractivity contribution in [1.29, 1.82) is 0 Å². The normalized spacial score (nSPS) is 18.9. The second kappa shape index (κ2) is 5.56. The van der Waals surface area contributed by atoms with Crippen molar-refractivity contribution in [2.24, 2.45) is 7.05 Å². The van der Waals surface area contributed by atoms with E-state index in [2.05, 4.69) is 11.5 Å². The molecule has 3 nitrogen and oxygen atoms in total. The van der Waals surface area contributed by atoms with Crippen LogP contribution in [0.15, 0.2) is 0 Å². The smallest absolute Gasteiger partial charge is 0.126 e. The van der Waals surface area contributed by atoms with Gasteiger partial charge >= 0.3 is 0 Å². The van der Waals surface area contributed by atoms with Crippen LogP contribution in [0.3, 0.4) is 0 Å². The molecular weight excluding hydrogens is 210 g/mol. The number of imidazole rings is 1. The third-order valence-electron chi connectivity index (χ3n) is 4.07. The number of nitrogens with zero attached hydrogens (tertiary/aromatic N) is 2. The van der Waals surface area contributed by atoms with E-state index in [1.54, 1.807) is 0 Å². The number of aryl methyl sites for hydroxylation is 1. The number of nitrogen functional groups attached to an aromatic ring is 1. The van der Waals surface area contributed by atoms with Gasteiger partial charge in [-0.25, -0.2) is 4.98 Å². The van der Waals surface area contributed by atoms with Crippen LogP contribution < -0.4 is 5.73 Å². The van der Waals surface area contributed by atoms with Gasteiger partial charge in [0.1, 0.15) is 11.6 Å². The van der Waals surface area contributed by atoms with Gasteiger partial charge in [0.05, 0.1) is 5.69 Å². The molecule has 1 saturated carbocycles. The molecule has 17 heavy (non-hydrogen) atoms. The monoisotopic (exact) mass is 235 g/mol. The molecule has 0 aliphatic heterocycles. The van der Waals surface area contributed by atoms with Gasteiger partial charge in [0, 0.05) is 19.4 Å². The van der Waals surface area contributed by atoms with Crippen LogP contribution in [0.5, 0.6) is 0 Å². The molecule has 0 amide bonds. The van der Waals surface area contributed by atoms with Gasteiger partial charge in [-0.05, 0) is 12.8 Å². The summed E-state index contributed by atoms with van der Waals surface area (Å²) in [4.78, 5) is 4.76. The Morgan fingerprint density at radius 3 is 2.29 bits per heavy atom. The van der Waals surface area contributed by atoms with Gasteiger partial charge in [-0.15, -0.1) is 0 Å². The highest BCUT2D eigenvalue weighted by Crippen LogP contribution is 2.33. The predicted molar refractivity (Wildman–Crippen MR) is 72.1 cm³/mol. The molecule has 1 fully saturated rings. The van der Waals surface area contributed by atoms with Crippen LogP contribution in [0.25, 0.3) is 0 Å². The molecule has 0 spiro atoms.